The van der Waals surface area contributed by atoms with Crippen LogP contribution in [0.15, 0.2) is 42.6 Å². The van der Waals surface area contributed by atoms with E-state index >= 15 is 0 Å². The summed E-state index contributed by atoms with van der Waals surface area (Å²) in [4.78, 5) is 36.4. The molecule has 4 aliphatic carbocycles. The first-order chi connectivity index (χ1) is 23.5. The zero-order chi connectivity index (χ0) is 34.5. The van der Waals surface area contributed by atoms with Gasteiger partial charge in [0.15, 0.2) is 0 Å². The molecule has 49 heavy (non-hydrogen) atoms. The molecule has 13 heteroatoms. The van der Waals surface area contributed by atoms with Crippen LogP contribution >= 0.6 is 0 Å². The normalized spacial score (nSPS) is 25.6. The Morgan fingerprint density at radius 1 is 1.02 bits per heavy atom. The second-order valence-electron chi connectivity index (χ2n) is 14.0. The number of nitrogens with one attached hydrogen (secondary N) is 3. The number of rotatable bonds is 9. The lowest BCUT2D eigenvalue weighted by atomic mass is 9.48. The number of ether oxygens (including phenoxy) is 2. The molecule has 2 atom stereocenters. The number of carbonyl (C=O) groups is 2. The number of amides is 2. The number of likely N-dealkylation sites (tertiary alicyclic amines) is 1. The van der Waals surface area contributed by atoms with E-state index in [4.69, 9.17) is 9.47 Å². The lowest BCUT2D eigenvalue weighted by Crippen LogP contribution is -2.60. The van der Waals surface area contributed by atoms with Crippen LogP contribution in [0.1, 0.15) is 66.4 Å². The van der Waals surface area contributed by atoms with Crippen molar-refractivity contribution in [3.63, 3.8) is 0 Å². The number of carbonyl (C=O) groups excluding carboxylic acids is 2. The third kappa shape index (κ3) is 6.23. The number of anilines is 4. The van der Waals surface area contributed by atoms with Gasteiger partial charge in [-0.05, 0) is 93.4 Å². The number of benzene rings is 2. The lowest BCUT2D eigenvalue weighted by Gasteiger charge is -2.59. The Morgan fingerprint density at radius 2 is 1.76 bits per heavy atom. The maximum atomic E-state index is 14.1. The van der Waals surface area contributed by atoms with E-state index in [1.54, 1.807) is 37.3 Å². The van der Waals surface area contributed by atoms with E-state index in [0.29, 0.717) is 52.6 Å². The zero-order valence-electron chi connectivity index (χ0n) is 27.8. The molecule has 1 aromatic heterocycles. The van der Waals surface area contributed by atoms with Crippen molar-refractivity contribution in [3.8, 4) is 11.5 Å². The summed E-state index contributed by atoms with van der Waals surface area (Å²) in [6.45, 7) is 3.44. The third-order valence-electron chi connectivity index (χ3n) is 10.8. The second-order valence-corrected chi connectivity index (χ2v) is 14.0. The maximum absolute atomic E-state index is 14.1. The molecule has 5 aliphatic rings. The van der Waals surface area contributed by atoms with E-state index in [1.807, 2.05) is 0 Å². The Hall–Kier alpha value is -4.55. The lowest BCUT2D eigenvalue weighted by molar-refractivity contribution is -0.168. The molecule has 2 aromatic carbocycles. The molecule has 0 radical (unpaired) electrons. The molecule has 1 aliphatic heterocycles. The molecule has 2 unspecified atom stereocenters. The number of para-hydroxylation sites is 1. The highest BCUT2D eigenvalue weighted by atomic mass is 19.4. The number of aromatic nitrogens is 2. The molecule has 5 fully saturated rings. The first kappa shape index (κ1) is 33.0. The number of nitrogens with zero attached hydrogens (tertiary/aromatic N) is 3. The Morgan fingerprint density at radius 3 is 2.43 bits per heavy atom. The van der Waals surface area contributed by atoms with Crippen LogP contribution in [0.5, 0.6) is 11.5 Å². The van der Waals surface area contributed by atoms with Gasteiger partial charge >= 0.3 is 6.18 Å². The molecule has 8 rings (SSSR count). The molecule has 10 nitrogen and oxygen atoms in total. The minimum Gasteiger partial charge on any atom is -0.494 e. The quantitative estimate of drug-likeness (QED) is 0.225. The molecule has 0 spiro atoms. The first-order valence-electron chi connectivity index (χ1n) is 16.9. The van der Waals surface area contributed by atoms with Crippen molar-refractivity contribution in [1.82, 2.24) is 20.2 Å². The standard InChI is InChI=1S/C36H41F3N6O4/c1-20-7-6-8-25(32(46)40-2)29(20)43-31-26(36(37,38)39)19-41-34(44-31)42-27-10-9-24(15-28(27)48-3)49-30-22-13-21-14-23(30)18-35(16-21,17-22)33(47)45-11-4-5-12-45/h6-10,15,19,21-23,30H,4-5,11-14,16-18H2,1-3H3,(H,40,46)(H2,41,42,43,44). The molecule has 3 aromatic rings. The van der Waals surface area contributed by atoms with Gasteiger partial charge in [0.25, 0.3) is 5.91 Å². The van der Waals surface area contributed by atoms with Crippen LogP contribution in [-0.4, -0.2) is 60.0 Å². The summed E-state index contributed by atoms with van der Waals surface area (Å²) in [6, 6.07) is 10.1. The van der Waals surface area contributed by atoms with Gasteiger partial charge in [0.2, 0.25) is 11.9 Å². The van der Waals surface area contributed by atoms with Crippen molar-refractivity contribution in [1.29, 1.82) is 0 Å². The maximum Gasteiger partial charge on any atom is 0.421 e. The van der Waals surface area contributed by atoms with Gasteiger partial charge in [-0.3, -0.25) is 9.59 Å². The molecular weight excluding hydrogens is 637 g/mol. The van der Waals surface area contributed by atoms with Gasteiger partial charge in [-0.15, -0.1) is 0 Å². The van der Waals surface area contributed by atoms with Crippen LogP contribution in [0.25, 0.3) is 0 Å². The van der Waals surface area contributed by atoms with E-state index in [-0.39, 0.29) is 28.7 Å². The Balaban J connectivity index is 1.10. The SMILES string of the molecule is CNC(=O)c1cccc(C)c1Nc1nc(Nc2ccc(OC3C4CC5CC3CC(C(=O)N3CCCC3)(C5)C4)cc2OC)ncc1C(F)(F)F. The second kappa shape index (κ2) is 12.7. The molecule has 4 bridgehead atoms. The highest BCUT2D eigenvalue weighted by Crippen LogP contribution is 2.61. The molecule has 2 heterocycles. The van der Waals surface area contributed by atoms with Crippen LogP contribution in [0.3, 0.4) is 0 Å². The van der Waals surface area contributed by atoms with E-state index in [1.165, 1.54) is 20.2 Å². The minimum absolute atomic E-state index is 0.00701. The Labute approximate surface area is 283 Å². The number of alkyl halides is 3. The smallest absolute Gasteiger partial charge is 0.421 e. The van der Waals surface area contributed by atoms with Gasteiger partial charge in [-0.2, -0.15) is 18.2 Å². The van der Waals surface area contributed by atoms with Crippen molar-refractivity contribution in [2.24, 2.45) is 23.2 Å². The highest BCUT2D eigenvalue weighted by molar-refractivity contribution is 6.01. The first-order valence-corrected chi connectivity index (χ1v) is 16.9. The summed E-state index contributed by atoms with van der Waals surface area (Å²) in [5.41, 5.74) is 0.0417. The van der Waals surface area contributed by atoms with E-state index in [2.05, 4.69) is 30.8 Å². The van der Waals surface area contributed by atoms with E-state index in [9.17, 15) is 22.8 Å². The fourth-order valence-electron chi connectivity index (χ4n) is 8.83. The third-order valence-corrected chi connectivity index (χ3v) is 10.8. The van der Waals surface area contributed by atoms with Crippen LogP contribution in [0.4, 0.5) is 36.3 Å². The average Bonchev–Trinajstić information content (AvgIpc) is 3.61. The van der Waals surface area contributed by atoms with Crippen molar-refractivity contribution in [2.45, 2.75) is 64.1 Å². The number of hydrogen-bond donors (Lipinski definition) is 3. The Kier molecular flexibility index (Phi) is 8.56. The van der Waals surface area contributed by atoms with Crippen molar-refractivity contribution >= 4 is 35.0 Å². The molecule has 4 saturated carbocycles. The average molecular weight is 679 g/mol. The van der Waals surface area contributed by atoms with Gasteiger partial charge in [0.05, 0.1) is 29.5 Å². The summed E-state index contributed by atoms with van der Waals surface area (Å²) in [5.74, 6) is 1.50. The zero-order valence-corrected chi connectivity index (χ0v) is 27.8. The summed E-state index contributed by atoms with van der Waals surface area (Å²) in [7, 11) is 2.95. The van der Waals surface area contributed by atoms with Crippen molar-refractivity contribution in [2.75, 3.05) is 37.9 Å². The Bertz CT molecular complexity index is 1740. The van der Waals surface area contributed by atoms with Crippen LogP contribution < -0.4 is 25.4 Å². The predicted octanol–water partition coefficient (Wildman–Crippen LogP) is 6.86. The minimum atomic E-state index is -4.76. The van der Waals surface area contributed by atoms with Crippen molar-refractivity contribution < 1.29 is 32.2 Å². The van der Waals surface area contributed by atoms with Gasteiger partial charge in [-0.1, -0.05) is 12.1 Å². The number of hydrogen-bond acceptors (Lipinski definition) is 8. The van der Waals surface area contributed by atoms with Gasteiger partial charge < -0.3 is 30.3 Å². The van der Waals surface area contributed by atoms with Gasteiger partial charge in [0, 0.05) is 32.4 Å². The number of halogens is 3. The monoisotopic (exact) mass is 678 g/mol. The fourth-order valence-corrected chi connectivity index (χ4v) is 8.83. The number of aryl methyl sites for hydroxylation is 1. The van der Waals surface area contributed by atoms with E-state index in [0.717, 1.165) is 58.0 Å². The summed E-state index contributed by atoms with van der Waals surface area (Å²) >= 11 is 0. The molecule has 3 N–H and O–H groups in total. The summed E-state index contributed by atoms with van der Waals surface area (Å²) < 4.78 is 54.5. The summed E-state index contributed by atoms with van der Waals surface area (Å²) in [6.07, 6.45) is 3.01. The van der Waals surface area contributed by atoms with Crippen LogP contribution in [0, 0.1) is 30.1 Å². The van der Waals surface area contributed by atoms with Crippen LogP contribution in [0.2, 0.25) is 0 Å². The molecule has 260 valence electrons. The van der Waals surface area contributed by atoms with Gasteiger partial charge in [0.1, 0.15) is 29.0 Å². The molecule has 1 saturated heterocycles. The number of methoxy groups -OCH3 is 1. The molecular formula is C36H41F3N6O4. The van der Waals surface area contributed by atoms with E-state index < -0.39 is 23.5 Å². The predicted molar refractivity (Wildman–Crippen MR) is 177 cm³/mol. The van der Waals surface area contributed by atoms with Crippen molar-refractivity contribution in [3.05, 3.63) is 59.3 Å². The fraction of sp³-hybridized carbons (Fsp3) is 0.500. The summed E-state index contributed by atoms with van der Waals surface area (Å²) in [5, 5.41) is 8.24. The highest BCUT2D eigenvalue weighted by Gasteiger charge is 2.60. The topological polar surface area (TPSA) is 118 Å². The molecule has 2 amide bonds. The van der Waals surface area contributed by atoms with Crippen LogP contribution in [-0.2, 0) is 11.0 Å². The van der Waals surface area contributed by atoms with Gasteiger partial charge in [-0.25, -0.2) is 4.98 Å². The largest absolute Gasteiger partial charge is 0.494 e.